The summed E-state index contributed by atoms with van der Waals surface area (Å²) in [6.07, 6.45) is 0. The Bertz CT molecular complexity index is 632. The SMILES string of the molecule is O=C(Nc1cc(Cl)nc(Cl)n1)c1cc(F)ccc1O. The Balaban J connectivity index is 2.28. The summed E-state index contributed by atoms with van der Waals surface area (Å²) in [6.45, 7) is 0. The van der Waals surface area contributed by atoms with E-state index in [2.05, 4.69) is 15.3 Å². The van der Waals surface area contributed by atoms with E-state index in [0.29, 0.717) is 0 Å². The van der Waals surface area contributed by atoms with Gasteiger partial charge in [-0.25, -0.2) is 14.4 Å². The third-order valence-electron chi connectivity index (χ3n) is 2.11. The number of phenols is 1. The molecule has 98 valence electrons. The molecular weight excluding hydrogens is 296 g/mol. The second-order valence-electron chi connectivity index (χ2n) is 3.46. The largest absolute Gasteiger partial charge is 0.507 e. The lowest BCUT2D eigenvalue weighted by Crippen LogP contribution is -2.13. The molecule has 1 aromatic heterocycles. The molecule has 0 saturated heterocycles. The van der Waals surface area contributed by atoms with Crippen LogP contribution in [0.25, 0.3) is 0 Å². The maximum Gasteiger partial charge on any atom is 0.260 e. The molecule has 5 nitrogen and oxygen atoms in total. The maximum absolute atomic E-state index is 13.0. The molecule has 0 fully saturated rings. The van der Waals surface area contributed by atoms with E-state index in [1.807, 2.05) is 0 Å². The van der Waals surface area contributed by atoms with Crippen LogP contribution in [-0.2, 0) is 0 Å². The molecule has 0 bridgehead atoms. The topological polar surface area (TPSA) is 75.1 Å². The first kappa shape index (κ1) is 13.5. The first-order chi connectivity index (χ1) is 8.95. The Morgan fingerprint density at radius 1 is 1.26 bits per heavy atom. The minimum atomic E-state index is -0.747. The molecule has 0 aliphatic heterocycles. The summed E-state index contributed by atoms with van der Waals surface area (Å²) in [5.41, 5.74) is -0.231. The lowest BCUT2D eigenvalue weighted by molar-refractivity contribution is 0.102. The lowest BCUT2D eigenvalue weighted by atomic mass is 10.2. The Kier molecular flexibility index (Phi) is 3.82. The number of amides is 1. The summed E-state index contributed by atoms with van der Waals surface area (Å²) in [7, 11) is 0. The van der Waals surface area contributed by atoms with Gasteiger partial charge in [0.05, 0.1) is 5.56 Å². The van der Waals surface area contributed by atoms with Gasteiger partial charge in [0.15, 0.2) is 0 Å². The summed E-state index contributed by atoms with van der Waals surface area (Å²) in [6, 6.07) is 4.27. The van der Waals surface area contributed by atoms with Crippen molar-refractivity contribution in [2.75, 3.05) is 5.32 Å². The molecule has 0 aliphatic rings. The molecule has 0 spiro atoms. The van der Waals surface area contributed by atoms with Gasteiger partial charge in [0, 0.05) is 6.07 Å². The van der Waals surface area contributed by atoms with Crippen LogP contribution in [0.4, 0.5) is 10.2 Å². The van der Waals surface area contributed by atoms with Crippen molar-refractivity contribution in [3.8, 4) is 5.75 Å². The number of aromatic hydroxyl groups is 1. The van der Waals surface area contributed by atoms with Gasteiger partial charge < -0.3 is 10.4 Å². The van der Waals surface area contributed by atoms with Gasteiger partial charge in [-0.3, -0.25) is 4.79 Å². The maximum atomic E-state index is 13.0. The number of nitrogens with zero attached hydrogens (tertiary/aromatic N) is 2. The van der Waals surface area contributed by atoms with Crippen LogP contribution in [0.3, 0.4) is 0 Å². The molecule has 2 N–H and O–H groups in total. The highest BCUT2D eigenvalue weighted by Crippen LogP contribution is 2.20. The summed E-state index contributed by atoms with van der Waals surface area (Å²) in [5, 5.41) is 11.7. The van der Waals surface area contributed by atoms with Crippen molar-refractivity contribution in [2.45, 2.75) is 0 Å². The summed E-state index contributed by atoms with van der Waals surface area (Å²) < 4.78 is 13.0. The minimum absolute atomic E-state index is 0.0404. The standard InChI is InChI=1S/C11H6Cl2FN3O2/c12-8-4-9(17-11(13)15-8)16-10(19)6-3-5(14)1-2-7(6)18/h1-4,18H,(H,15,16,17,19). The molecule has 0 aliphatic carbocycles. The average molecular weight is 302 g/mol. The average Bonchev–Trinajstić information content (AvgIpc) is 2.30. The van der Waals surface area contributed by atoms with E-state index in [4.69, 9.17) is 23.2 Å². The third-order valence-corrected chi connectivity index (χ3v) is 2.48. The number of halogens is 3. The number of anilines is 1. The monoisotopic (exact) mass is 301 g/mol. The molecule has 8 heteroatoms. The van der Waals surface area contributed by atoms with Crippen molar-refractivity contribution < 1.29 is 14.3 Å². The van der Waals surface area contributed by atoms with E-state index in [-0.39, 0.29) is 27.6 Å². The van der Waals surface area contributed by atoms with Crippen molar-refractivity contribution in [1.82, 2.24) is 9.97 Å². The number of hydrogen-bond acceptors (Lipinski definition) is 4. The van der Waals surface area contributed by atoms with Gasteiger partial charge in [0.1, 0.15) is 22.5 Å². The molecule has 2 rings (SSSR count). The number of aromatic nitrogens is 2. The molecule has 2 aromatic rings. The number of carbonyl (C=O) groups is 1. The quantitative estimate of drug-likeness (QED) is 0.660. The first-order valence-electron chi connectivity index (χ1n) is 4.95. The van der Waals surface area contributed by atoms with E-state index >= 15 is 0 Å². The van der Waals surface area contributed by atoms with Crippen molar-refractivity contribution in [2.24, 2.45) is 0 Å². The molecule has 19 heavy (non-hydrogen) atoms. The number of carbonyl (C=O) groups excluding carboxylic acids is 1. The van der Waals surface area contributed by atoms with Gasteiger partial charge in [-0.15, -0.1) is 0 Å². The van der Waals surface area contributed by atoms with E-state index < -0.39 is 11.7 Å². The highest BCUT2D eigenvalue weighted by molar-refractivity contribution is 6.32. The lowest BCUT2D eigenvalue weighted by Gasteiger charge is -2.06. The van der Waals surface area contributed by atoms with E-state index in [9.17, 15) is 14.3 Å². The third kappa shape index (κ3) is 3.30. The fourth-order valence-electron chi connectivity index (χ4n) is 1.33. The van der Waals surface area contributed by atoms with Crippen LogP contribution in [-0.4, -0.2) is 21.0 Å². The smallest absolute Gasteiger partial charge is 0.260 e. The number of phenolic OH excluding ortho intramolecular Hbond substituents is 1. The molecule has 0 saturated carbocycles. The second kappa shape index (κ2) is 5.38. The molecular formula is C11H6Cl2FN3O2. The summed E-state index contributed by atoms with van der Waals surface area (Å²) >= 11 is 11.2. The Labute approximate surface area is 117 Å². The Morgan fingerprint density at radius 2 is 2.00 bits per heavy atom. The summed E-state index contributed by atoms with van der Waals surface area (Å²) in [4.78, 5) is 19.1. The van der Waals surface area contributed by atoms with E-state index in [1.165, 1.54) is 6.07 Å². The van der Waals surface area contributed by atoms with E-state index in [0.717, 1.165) is 18.2 Å². The predicted octanol–water partition coefficient (Wildman–Crippen LogP) is 2.88. The zero-order valence-electron chi connectivity index (χ0n) is 9.19. The summed E-state index contributed by atoms with van der Waals surface area (Å²) in [5.74, 6) is -1.71. The molecule has 1 amide bonds. The fourth-order valence-corrected chi connectivity index (χ4v) is 1.74. The minimum Gasteiger partial charge on any atom is -0.507 e. The van der Waals surface area contributed by atoms with Gasteiger partial charge in [0.2, 0.25) is 5.28 Å². The van der Waals surface area contributed by atoms with E-state index in [1.54, 1.807) is 0 Å². The van der Waals surface area contributed by atoms with Crippen LogP contribution in [0.1, 0.15) is 10.4 Å². The van der Waals surface area contributed by atoms with Gasteiger partial charge in [-0.05, 0) is 29.8 Å². The van der Waals surface area contributed by atoms with Crippen molar-refractivity contribution in [3.05, 3.63) is 46.1 Å². The number of rotatable bonds is 2. The van der Waals surface area contributed by atoms with Crippen LogP contribution >= 0.6 is 23.2 Å². The second-order valence-corrected chi connectivity index (χ2v) is 4.19. The molecule has 1 heterocycles. The number of hydrogen-bond donors (Lipinski definition) is 2. The van der Waals surface area contributed by atoms with Crippen LogP contribution in [0.2, 0.25) is 10.4 Å². The van der Waals surface area contributed by atoms with Crippen molar-refractivity contribution in [1.29, 1.82) is 0 Å². The zero-order valence-corrected chi connectivity index (χ0v) is 10.7. The van der Waals surface area contributed by atoms with Gasteiger partial charge in [-0.2, -0.15) is 0 Å². The molecule has 1 aromatic carbocycles. The van der Waals surface area contributed by atoms with Gasteiger partial charge in [-0.1, -0.05) is 11.6 Å². The number of benzene rings is 1. The predicted molar refractivity (Wildman–Crippen MR) is 68.1 cm³/mol. The molecule has 0 unspecified atom stereocenters. The normalized spacial score (nSPS) is 10.3. The molecule has 0 atom stereocenters. The highest BCUT2D eigenvalue weighted by atomic mass is 35.5. The van der Waals surface area contributed by atoms with Gasteiger partial charge >= 0.3 is 0 Å². The number of nitrogens with one attached hydrogen (secondary N) is 1. The van der Waals surface area contributed by atoms with Crippen molar-refractivity contribution >= 4 is 34.9 Å². The fraction of sp³-hybridized carbons (Fsp3) is 0. The Hall–Kier alpha value is -1.92. The van der Waals surface area contributed by atoms with Gasteiger partial charge in [0.25, 0.3) is 5.91 Å². The van der Waals surface area contributed by atoms with Crippen LogP contribution in [0.15, 0.2) is 24.3 Å². The Morgan fingerprint density at radius 3 is 2.68 bits per heavy atom. The zero-order chi connectivity index (χ0) is 14.0. The molecule has 0 radical (unpaired) electrons. The van der Waals surface area contributed by atoms with Crippen molar-refractivity contribution in [3.63, 3.8) is 0 Å². The first-order valence-corrected chi connectivity index (χ1v) is 5.71. The van der Waals surface area contributed by atoms with Crippen LogP contribution in [0, 0.1) is 5.82 Å². The van der Waals surface area contributed by atoms with Crippen LogP contribution in [0.5, 0.6) is 5.75 Å². The highest BCUT2D eigenvalue weighted by Gasteiger charge is 2.13. The van der Waals surface area contributed by atoms with Crippen LogP contribution < -0.4 is 5.32 Å².